The van der Waals surface area contributed by atoms with Crippen molar-refractivity contribution >= 4 is 17.5 Å². The predicted octanol–water partition coefficient (Wildman–Crippen LogP) is 1.55. The van der Waals surface area contributed by atoms with E-state index in [1.54, 1.807) is 23.1 Å². The summed E-state index contributed by atoms with van der Waals surface area (Å²) in [5, 5.41) is 7.48. The first-order valence-corrected chi connectivity index (χ1v) is 6.86. The van der Waals surface area contributed by atoms with E-state index in [1.165, 1.54) is 0 Å². The highest BCUT2D eigenvalue weighted by Crippen LogP contribution is 2.19. The lowest BCUT2D eigenvalue weighted by Gasteiger charge is -2.19. The van der Waals surface area contributed by atoms with Gasteiger partial charge in [0.1, 0.15) is 0 Å². The Hall–Kier alpha value is -1.73. The molecule has 0 aliphatic carbocycles. The highest BCUT2D eigenvalue weighted by Gasteiger charge is 2.23. The van der Waals surface area contributed by atoms with Crippen LogP contribution in [0.5, 0.6) is 0 Å². The monoisotopic (exact) mass is 294 g/mol. The zero-order valence-corrected chi connectivity index (χ0v) is 11.8. The Morgan fingerprint density at radius 2 is 2.35 bits per heavy atom. The fourth-order valence-corrected chi connectivity index (χ4v) is 2.32. The quantitative estimate of drug-likeness (QED) is 0.922. The van der Waals surface area contributed by atoms with E-state index in [2.05, 4.69) is 32.3 Å². The second-order valence-electron chi connectivity index (χ2n) is 4.74. The minimum Gasteiger partial charge on any atom is -0.381 e. The van der Waals surface area contributed by atoms with Gasteiger partial charge < -0.3 is 10.1 Å². The number of nitrogens with one attached hydrogen (secondary N) is 1. The molecule has 3 rings (SSSR count). The third-order valence-corrected chi connectivity index (χ3v) is 3.50. The second-order valence-corrected chi connectivity index (χ2v) is 5.07. The van der Waals surface area contributed by atoms with Crippen molar-refractivity contribution in [2.24, 2.45) is 5.92 Å². The molecule has 2 aromatic heterocycles. The Kier molecular flexibility index (Phi) is 3.79. The van der Waals surface area contributed by atoms with Crippen LogP contribution in [0.15, 0.2) is 18.5 Å². The highest BCUT2D eigenvalue weighted by molar-refractivity contribution is 6.28. The van der Waals surface area contributed by atoms with E-state index in [4.69, 9.17) is 16.3 Å². The van der Waals surface area contributed by atoms with Crippen molar-refractivity contribution in [2.45, 2.75) is 19.4 Å². The van der Waals surface area contributed by atoms with Gasteiger partial charge in [0, 0.05) is 31.0 Å². The number of aromatic nitrogens is 5. The van der Waals surface area contributed by atoms with Gasteiger partial charge in [-0.2, -0.15) is 20.1 Å². The van der Waals surface area contributed by atoms with Crippen LogP contribution < -0.4 is 5.32 Å². The van der Waals surface area contributed by atoms with Crippen LogP contribution in [0.1, 0.15) is 13.3 Å². The fraction of sp³-hybridized carbons (Fsp3) is 0.500. The standard InChI is InChI=1S/C12H15ClN6O/c1-8(9-3-6-20-7-9)15-11-16-10(13)17-12(18-11)19-5-2-4-14-19/h2,4-5,8-9H,3,6-7H2,1H3,(H,15,16,17,18). The first-order valence-electron chi connectivity index (χ1n) is 6.48. The molecule has 2 unspecified atom stereocenters. The van der Waals surface area contributed by atoms with E-state index in [-0.39, 0.29) is 11.3 Å². The summed E-state index contributed by atoms with van der Waals surface area (Å²) in [6.45, 7) is 3.66. The Balaban J connectivity index is 1.79. The maximum absolute atomic E-state index is 5.94. The van der Waals surface area contributed by atoms with Gasteiger partial charge in [0.2, 0.25) is 11.2 Å². The third-order valence-electron chi connectivity index (χ3n) is 3.33. The van der Waals surface area contributed by atoms with Crippen molar-refractivity contribution in [1.82, 2.24) is 24.7 Å². The molecule has 0 aromatic carbocycles. The minimum atomic E-state index is 0.142. The molecule has 1 N–H and O–H groups in total. The lowest BCUT2D eigenvalue weighted by Crippen LogP contribution is -2.27. The van der Waals surface area contributed by atoms with Gasteiger partial charge in [-0.15, -0.1) is 0 Å². The Morgan fingerprint density at radius 1 is 1.45 bits per heavy atom. The van der Waals surface area contributed by atoms with Crippen molar-refractivity contribution in [3.8, 4) is 5.95 Å². The maximum atomic E-state index is 5.94. The summed E-state index contributed by atoms with van der Waals surface area (Å²) in [4.78, 5) is 12.5. The summed E-state index contributed by atoms with van der Waals surface area (Å²) in [6.07, 6.45) is 4.45. The molecule has 1 saturated heterocycles. The summed E-state index contributed by atoms with van der Waals surface area (Å²) in [5.41, 5.74) is 0. The van der Waals surface area contributed by atoms with Crippen molar-refractivity contribution in [2.75, 3.05) is 18.5 Å². The molecule has 8 heteroatoms. The highest BCUT2D eigenvalue weighted by atomic mass is 35.5. The minimum absolute atomic E-state index is 0.142. The van der Waals surface area contributed by atoms with Gasteiger partial charge >= 0.3 is 0 Å². The van der Waals surface area contributed by atoms with Crippen LogP contribution in [-0.4, -0.2) is 44.0 Å². The van der Waals surface area contributed by atoms with Gasteiger partial charge in [0.05, 0.1) is 6.61 Å². The van der Waals surface area contributed by atoms with Crippen LogP contribution in [0.3, 0.4) is 0 Å². The van der Waals surface area contributed by atoms with Crippen LogP contribution >= 0.6 is 11.6 Å². The van der Waals surface area contributed by atoms with Gasteiger partial charge in [0.25, 0.3) is 5.95 Å². The predicted molar refractivity (Wildman–Crippen MR) is 74.0 cm³/mol. The molecular weight excluding hydrogens is 280 g/mol. The average Bonchev–Trinajstić information content (AvgIpc) is 3.12. The van der Waals surface area contributed by atoms with E-state index in [0.29, 0.717) is 17.8 Å². The maximum Gasteiger partial charge on any atom is 0.256 e. The summed E-state index contributed by atoms with van der Waals surface area (Å²) in [5.74, 6) is 1.31. The van der Waals surface area contributed by atoms with Gasteiger partial charge in [0.15, 0.2) is 0 Å². The number of nitrogens with zero attached hydrogens (tertiary/aromatic N) is 5. The van der Waals surface area contributed by atoms with Crippen LogP contribution in [0.4, 0.5) is 5.95 Å². The summed E-state index contributed by atoms with van der Waals surface area (Å²) in [6, 6.07) is 2.00. The van der Waals surface area contributed by atoms with Crippen molar-refractivity contribution in [3.05, 3.63) is 23.7 Å². The van der Waals surface area contributed by atoms with Gasteiger partial charge in [-0.3, -0.25) is 0 Å². The molecule has 0 bridgehead atoms. The van der Waals surface area contributed by atoms with Gasteiger partial charge in [-0.05, 0) is 31.0 Å². The normalized spacial score (nSPS) is 20.0. The number of hydrogen-bond donors (Lipinski definition) is 1. The molecule has 1 fully saturated rings. The summed E-state index contributed by atoms with van der Waals surface area (Å²) in [7, 11) is 0. The third kappa shape index (κ3) is 2.88. The Bertz CT molecular complexity index is 569. The van der Waals surface area contributed by atoms with Crippen molar-refractivity contribution in [3.63, 3.8) is 0 Å². The molecule has 3 heterocycles. The first-order chi connectivity index (χ1) is 9.72. The zero-order valence-electron chi connectivity index (χ0n) is 11.0. The molecule has 0 radical (unpaired) electrons. The van der Waals surface area contributed by atoms with Crippen molar-refractivity contribution < 1.29 is 4.74 Å². The molecule has 0 spiro atoms. The second kappa shape index (κ2) is 5.72. The number of halogens is 1. The lowest BCUT2D eigenvalue weighted by atomic mass is 10.0. The summed E-state index contributed by atoms with van der Waals surface area (Å²) >= 11 is 5.94. The molecule has 106 valence electrons. The fourth-order valence-electron chi connectivity index (χ4n) is 2.16. The van der Waals surface area contributed by atoms with E-state index in [0.717, 1.165) is 19.6 Å². The zero-order chi connectivity index (χ0) is 13.9. The first kappa shape index (κ1) is 13.3. The molecule has 0 amide bonds. The number of hydrogen-bond acceptors (Lipinski definition) is 6. The average molecular weight is 295 g/mol. The molecule has 2 atom stereocenters. The van der Waals surface area contributed by atoms with E-state index in [9.17, 15) is 0 Å². The Morgan fingerprint density at radius 3 is 3.05 bits per heavy atom. The van der Waals surface area contributed by atoms with E-state index >= 15 is 0 Å². The van der Waals surface area contributed by atoms with E-state index < -0.39 is 0 Å². The van der Waals surface area contributed by atoms with Crippen LogP contribution in [-0.2, 0) is 4.74 Å². The smallest absolute Gasteiger partial charge is 0.256 e. The van der Waals surface area contributed by atoms with E-state index in [1.807, 2.05) is 0 Å². The molecular formula is C12H15ClN6O. The molecule has 7 nitrogen and oxygen atoms in total. The SMILES string of the molecule is CC(Nc1nc(Cl)nc(-n2cccn2)n1)C1CCOC1. The van der Waals surface area contributed by atoms with Crippen LogP contribution in [0.25, 0.3) is 5.95 Å². The number of ether oxygens (including phenoxy) is 1. The molecule has 1 aliphatic rings. The van der Waals surface area contributed by atoms with Crippen LogP contribution in [0.2, 0.25) is 5.28 Å². The largest absolute Gasteiger partial charge is 0.381 e. The van der Waals surface area contributed by atoms with Gasteiger partial charge in [-0.1, -0.05) is 0 Å². The summed E-state index contributed by atoms with van der Waals surface area (Å²) < 4.78 is 6.93. The molecule has 0 saturated carbocycles. The lowest BCUT2D eigenvalue weighted by molar-refractivity contribution is 0.183. The van der Waals surface area contributed by atoms with Gasteiger partial charge in [-0.25, -0.2) is 4.68 Å². The Labute approximate surface area is 121 Å². The topological polar surface area (TPSA) is 77.8 Å². The van der Waals surface area contributed by atoms with Crippen molar-refractivity contribution in [1.29, 1.82) is 0 Å². The molecule has 20 heavy (non-hydrogen) atoms. The van der Waals surface area contributed by atoms with Crippen LogP contribution in [0, 0.1) is 5.92 Å². The molecule has 2 aromatic rings. The molecule has 1 aliphatic heterocycles. The number of rotatable bonds is 4. The number of anilines is 1.